The topological polar surface area (TPSA) is 67.3 Å². The minimum atomic E-state index is 0.311. The molecule has 1 heterocycles. The molecule has 0 fully saturated rings. The van der Waals surface area contributed by atoms with Gasteiger partial charge in [-0.05, 0) is 18.1 Å². The molecule has 2 N–H and O–H groups in total. The first-order valence-corrected chi connectivity index (χ1v) is 5.67. The first kappa shape index (κ1) is 12.2. The highest BCUT2D eigenvalue weighted by atomic mass is 16.5. The molecule has 0 bridgehead atoms. The van der Waals surface area contributed by atoms with Gasteiger partial charge in [0.25, 0.3) is 0 Å². The van der Waals surface area contributed by atoms with E-state index in [-0.39, 0.29) is 0 Å². The quantitative estimate of drug-likeness (QED) is 0.841. The summed E-state index contributed by atoms with van der Waals surface area (Å²) in [5.41, 5.74) is 0.896. The van der Waals surface area contributed by atoms with E-state index >= 15 is 0 Å². The lowest BCUT2D eigenvalue weighted by molar-refractivity contribution is 0.397. The summed E-state index contributed by atoms with van der Waals surface area (Å²) < 4.78 is 5.01. The number of hydrogen-bond donors (Lipinski definition) is 2. The van der Waals surface area contributed by atoms with E-state index in [4.69, 9.17) is 4.74 Å². The average Bonchev–Trinajstić information content (AvgIpc) is 2.41. The standard InChI is InChI=1S/C13H15N3O2/c1-18-12-7-9-15-13(16-12)14-8-6-10-4-2-3-5-11(10)17/h2-5,7,9,17H,6,8H2,1H3,(H,14,15,16). The Balaban J connectivity index is 1.90. The highest BCUT2D eigenvalue weighted by Gasteiger charge is 2.01. The van der Waals surface area contributed by atoms with Gasteiger partial charge >= 0.3 is 0 Å². The summed E-state index contributed by atoms with van der Waals surface area (Å²) >= 11 is 0. The molecule has 0 aliphatic carbocycles. The smallest absolute Gasteiger partial charge is 0.225 e. The molecule has 0 radical (unpaired) electrons. The Morgan fingerprint density at radius 1 is 1.28 bits per heavy atom. The van der Waals surface area contributed by atoms with E-state index in [0.717, 1.165) is 5.56 Å². The van der Waals surface area contributed by atoms with Gasteiger partial charge in [-0.2, -0.15) is 4.98 Å². The molecule has 0 aliphatic heterocycles. The third-order valence-electron chi connectivity index (χ3n) is 2.51. The molecule has 18 heavy (non-hydrogen) atoms. The van der Waals surface area contributed by atoms with E-state index in [1.54, 1.807) is 31.5 Å². The van der Waals surface area contributed by atoms with E-state index in [1.807, 2.05) is 12.1 Å². The summed E-state index contributed by atoms with van der Waals surface area (Å²) in [5, 5.41) is 12.7. The fourth-order valence-corrected chi connectivity index (χ4v) is 1.57. The monoisotopic (exact) mass is 245 g/mol. The van der Waals surface area contributed by atoms with Gasteiger partial charge in [0.15, 0.2) is 0 Å². The third-order valence-corrected chi connectivity index (χ3v) is 2.51. The number of phenols is 1. The van der Waals surface area contributed by atoms with Crippen LogP contribution in [0.25, 0.3) is 0 Å². The van der Waals surface area contributed by atoms with Crippen LogP contribution >= 0.6 is 0 Å². The zero-order valence-corrected chi connectivity index (χ0v) is 10.1. The Bertz CT molecular complexity index is 517. The highest BCUT2D eigenvalue weighted by Crippen LogP contribution is 2.16. The Hall–Kier alpha value is -2.30. The molecule has 0 spiro atoms. The van der Waals surface area contributed by atoms with Crippen LogP contribution in [0.2, 0.25) is 0 Å². The number of ether oxygens (including phenoxy) is 1. The van der Waals surface area contributed by atoms with Crippen molar-refractivity contribution in [2.24, 2.45) is 0 Å². The molecule has 0 amide bonds. The fraction of sp³-hybridized carbons (Fsp3) is 0.231. The van der Waals surface area contributed by atoms with Gasteiger partial charge < -0.3 is 15.2 Å². The molecule has 1 aromatic heterocycles. The summed E-state index contributed by atoms with van der Waals surface area (Å²) in [4.78, 5) is 8.21. The maximum Gasteiger partial charge on any atom is 0.225 e. The van der Waals surface area contributed by atoms with Crippen molar-refractivity contribution in [1.29, 1.82) is 0 Å². The number of hydrogen-bond acceptors (Lipinski definition) is 5. The van der Waals surface area contributed by atoms with Gasteiger partial charge in [0.05, 0.1) is 7.11 Å². The van der Waals surface area contributed by atoms with E-state index in [1.165, 1.54) is 0 Å². The largest absolute Gasteiger partial charge is 0.508 e. The van der Waals surface area contributed by atoms with Crippen LogP contribution in [-0.4, -0.2) is 28.7 Å². The van der Waals surface area contributed by atoms with E-state index in [0.29, 0.717) is 30.5 Å². The number of aromatic nitrogens is 2. The van der Waals surface area contributed by atoms with Crippen LogP contribution in [0.3, 0.4) is 0 Å². The van der Waals surface area contributed by atoms with Gasteiger partial charge in [0.1, 0.15) is 5.75 Å². The SMILES string of the molecule is COc1ccnc(NCCc2ccccc2O)n1. The second kappa shape index (κ2) is 5.86. The molecule has 1 aromatic carbocycles. The molecule has 0 unspecified atom stereocenters. The molecule has 2 rings (SSSR count). The maximum atomic E-state index is 9.61. The molecule has 0 atom stereocenters. The molecule has 5 nitrogen and oxygen atoms in total. The van der Waals surface area contributed by atoms with Gasteiger partial charge in [-0.15, -0.1) is 0 Å². The molecule has 5 heteroatoms. The van der Waals surface area contributed by atoms with Crippen LogP contribution in [0.15, 0.2) is 36.5 Å². The first-order chi connectivity index (χ1) is 8.79. The Kier molecular flexibility index (Phi) is 3.96. The van der Waals surface area contributed by atoms with Gasteiger partial charge in [-0.1, -0.05) is 18.2 Å². The number of methoxy groups -OCH3 is 1. The lowest BCUT2D eigenvalue weighted by atomic mass is 10.1. The number of phenolic OH excluding ortho intramolecular Hbond substituents is 1. The number of aromatic hydroxyl groups is 1. The molecule has 0 saturated carbocycles. The minimum absolute atomic E-state index is 0.311. The van der Waals surface area contributed by atoms with Crippen LogP contribution in [0.5, 0.6) is 11.6 Å². The van der Waals surface area contributed by atoms with Crippen molar-refractivity contribution in [3.8, 4) is 11.6 Å². The fourth-order valence-electron chi connectivity index (χ4n) is 1.57. The maximum absolute atomic E-state index is 9.61. The zero-order chi connectivity index (χ0) is 12.8. The number of rotatable bonds is 5. The van der Waals surface area contributed by atoms with Crippen molar-refractivity contribution in [3.63, 3.8) is 0 Å². The van der Waals surface area contributed by atoms with Gasteiger partial charge in [0, 0.05) is 18.8 Å². The lowest BCUT2D eigenvalue weighted by Crippen LogP contribution is -2.08. The van der Waals surface area contributed by atoms with Crippen molar-refractivity contribution in [2.75, 3.05) is 19.0 Å². The predicted molar refractivity (Wildman–Crippen MR) is 68.9 cm³/mol. The molecular weight excluding hydrogens is 230 g/mol. The average molecular weight is 245 g/mol. The van der Waals surface area contributed by atoms with E-state index < -0.39 is 0 Å². The summed E-state index contributed by atoms with van der Waals surface area (Å²) in [5.74, 6) is 1.35. The van der Waals surface area contributed by atoms with Crippen molar-refractivity contribution < 1.29 is 9.84 Å². The number of benzene rings is 1. The van der Waals surface area contributed by atoms with Gasteiger partial charge in [-0.3, -0.25) is 0 Å². The predicted octanol–water partition coefficient (Wildman–Crippen LogP) is 1.85. The van der Waals surface area contributed by atoms with E-state index in [9.17, 15) is 5.11 Å². The summed E-state index contributed by atoms with van der Waals surface area (Å²) in [7, 11) is 1.56. The van der Waals surface area contributed by atoms with Crippen LogP contribution in [-0.2, 0) is 6.42 Å². The Morgan fingerprint density at radius 2 is 2.11 bits per heavy atom. The molecular formula is C13H15N3O2. The highest BCUT2D eigenvalue weighted by molar-refractivity contribution is 5.33. The van der Waals surface area contributed by atoms with Crippen molar-refractivity contribution >= 4 is 5.95 Å². The van der Waals surface area contributed by atoms with Crippen LogP contribution < -0.4 is 10.1 Å². The van der Waals surface area contributed by atoms with Crippen LogP contribution in [0, 0.1) is 0 Å². The molecule has 0 aliphatic rings. The van der Waals surface area contributed by atoms with Crippen LogP contribution in [0.4, 0.5) is 5.95 Å². The van der Waals surface area contributed by atoms with Crippen molar-refractivity contribution in [1.82, 2.24) is 9.97 Å². The van der Waals surface area contributed by atoms with Crippen molar-refractivity contribution in [3.05, 3.63) is 42.1 Å². The van der Waals surface area contributed by atoms with Gasteiger partial charge in [-0.25, -0.2) is 4.98 Å². The Morgan fingerprint density at radius 3 is 2.89 bits per heavy atom. The second-order valence-corrected chi connectivity index (χ2v) is 3.73. The summed E-state index contributed by atoms with van der Waals surface area (Å²) in [6, 6.07) is 8.96. The summed E-state index contributed by atoms with van der Waals surface area (Å²) in [6.45, 7) is 0.644. The number of nitrogens with zero attached hydrogens (tertiary/aromatic N) is 2. The minimum Gasteiger partial charge on any atom is -0.508 e. The van der Waals surface area contributed by atoms with Gasteiger partial charge in [0.2, 0.25) is 11.8 Å². The number of para-hydroxylation sites is 1. The normalized spacial score (nSPS) is 10.1. The molecule has 0 saturated heterocycles. The van der Waals surface area contributed by atoms with Crippen molar-refractivity contribution in [2.45, 2.75) is 6.42 Å². The number of anilines is 1. The second-order valence-electron chi connectivity index (χ2n) is 3.73. The third kappa shape index (κ3) is 3.10. The van der Waals surface area contributed by atoms with E-state index in [2.05, 4.69) is 15.3 Å². The lowest BCUT2D eigenvalue weighted by Gasteiger charge is -2.07. The first-order valence-electron chi connectivity index (χ1n) is 5.67. The van der Waals surface area contributed by atoms with Crippen LogP contribution in [0.1, 0.15) is 5.56 Å². The zero-order valence-electron chi connectivity index (χ0n) is 10.1. The number of nitrogens with one attached hydrogen (secondary N) is 1. The molecule has 2 aromatic rings. The molecule has 94 valence electrons. The summed E-state index contributed by atoms with van der Waals surface area (Å²) in [6.07, 6.45) is 2.33. The Labute approximate surface area is 105 Å².